The molecule has 1 fully saturated rings. The van der Waals surface area contributed by atoms with Gasteiger partial charge in [0.15, 0.2) is 0 Å². The number of nitrogens with zero attached hydrogens (tertiary/aromatic N) is 1. The van der Waals surface area contributed by atoms with Crippen molar-refractivity contribution in [3.05, 3.63) is 88.1 Å². The van der Waals surface area contributed by atoms with E-state index in [9.17, 15) is 14.4 Å². The molecule has 3 amide bonds. The molecule has 37 heavy (non-hydrogen) atoms. The maximum atomic E-state index is 13.7. The second-order valence-electron chi connectivity index (χ2n) is 8.69. The molecule has 0 saturated carbocycles. The molecular weight excluding hydrogens is 490 g/mol. The van der Waals surface area contributed by atoms with Crippen LogP contribution in [-0.2, 0) is 20.9 Å². The summed E-state index contributed by atoms with van der Waals surface area (Å²) >= 11 is 1.30. The lowest BCUT2D eigenvalue weighted by Gasteiger charge is -2.32. The monoisotopic (exact) mass is 521 g/mol. The van der Waals surface area contributed by atoms with Crippen molar-refractivity contribution in [2.24, 2.45) is 0 Å². The van der Waals surface area contributed by atoms with E-state index in [2.05, 4.69) is 10.6 Å². The van der Waals surface area contributed by atoms with Crippen molar-refractivity contribution in [2.45, 2.75) is 31.5 Å². The maximum absolute atomic E-state index is 13.7. The third-order valence-electron chi connectivity index (χ3n) is 6.20. The smallest absolute Gasteiger partial charge is 0.261 e. The molecule has 2 heterocycles. The van der Waals surface area contributed by atoms with Gasteiger partial charge >= 0.3 is 0 Å². The second-order valence-corrected chi connectivity index (χ2v) is 9.63. The van der Waals surface area contributed by atoms with Crippen molar-refractivity contribution in [3.8, 4) is 5.75 Å². The second kappa shape index (κ2) is 13.0. The van der Waals surface area contributed by atoms with Crippen LogP contribution in [0, 0.1) is 0 Å². The summed E-state index contributed by atoms with van der Waals surface area (Å²) in [5.74, 6) is -0.430. The van der Waals surface area contributed by atoms with Gasteiger partial charge in [-0.15, -0.1) is 11.3 Å². The Balaban J connectivity index is 1.62. The highest BCUT2D eigenvalue weighted by atomic mass is 32.1. The van der Waals surface area contributed by atoms with Gasteiger partial charge in [-0.25, -0.2) is 0 Å². The summed E-state index contributed by atoms with van der Waals surface area (Å²) in [7, 11) is 1.56. The van der Waals surface area contributed by atoms with Gasteiger partial charge in [-0.1, -0.05) is 54.6 Å². The number of hydrogen-bond donors (Lipinski definition) is 2. The molecule has 2 aromatic carbocycles. The number of carbonyl (C=O) groups excluding carboxylic acids is 3. The van der Waals surface area contributed by atoms with Gasteiger partial charge in [0.25, 0.3) is 5.91 Å². The Bertz CT molecular complexity index is 1180. The standard InChI is InChI=1S/C28H31N3O5S/c1-35-23-13-6-5-11-21(23)19-31(25(32)18-30-27(33)24-14-8-16-37-24)26(20-9-3-2-4-10-20)28(34)29-17-22-12-7-15-36-22/h2-6,8-11,13-14,16,22,26H,7,12,15,17-19H2,1H3,(H,29,34)(H,30,33). The molecule has 0 aliphatic carbocycles. The van der Waals surface area contributed by atoms with E-state index in [0.717, 1.165) is 18.4 Å². The lowest BCUT2D eigenvalue weighted by atomic mass is 10.0. The molecule has 0 radical (unpaired) electrons. The summed E-state index contributed by atoms with van der Waals surface area (Å²) in [5, 5.41) is 7.48. The number of rotatable bonds is 11. The number of para-hydroxylation sites is 1. The van der Waals surface area contributed by atoms with E-state index in [1.807, 2.05) is 54.6 Å². The number of hydrogen-bond acceptors (Lipinski definition) is 6. The first-order valence-electron chi connectivity index (χ1n) is 12.2. The molecule has 0 spiro atoms. The summed E-state index contributed by atoms with van der Waals surface area (Å²) in [6.45, 7) is 0.915. The Morgan fingerprint density at radius 3 is 2.54 bits per heavy atom. The van der Waals surface area contributed by atoms with Crippen LogP contribution >= 0.6 is 11.3 Å². The fourth-order valence-electron chi connectivity index (χ4n) is 4.32. The number of thiophene rings is 1. The quantitative estimate of drug-likeness (QED) is 0.402. The first-order chi connectivity index (χ1) is 18.1. The minimum atomic E-state index is -0.918. The molecule has 1 saturated heterocycles. The average molecular weight is 522 g/mol. The van der Waals surface area contributed by atoms with Crippen molar-refractivity contribution >= 4 is 29.1 Å². The predicted octanol–water partition coefficient (Wildman–Crippen LogP) is 3.55. The molecule has 2 N–H and O–H groups in total. The van der Waals surface area contributed by atoms with Crippen molar-refractivity contribution in [1.82, 2.24) is 15.5 Å². The van der Waals surface area contributed by atoms with Crippen molar-refractivity contribution in [1.29, 1.82) is 0 Å². The first kappa shape index (κ1) is 26.4. The van der Waals surface area contributed by atoms with Crippen LogP contribution in [0.2, 0.25) is 0 Å². The third-order valence-corrected chi connectivity index (χ3v) is 7.07. The van der Waals surface area contributed by atoms with Crippen LogP contribution in [0.25, 0.3) is 0 Å². The Morgan fingerprint density at radius 1 is 1.05 bits per heavy atom. The first-order valence-corrected chi connectivity index (χ1v) is 13.1. The number of carbonyl (C=O) groups is 3. The van der Waals surface area contributed by atoms with Crippen LogP contribution < -0.4 is 15.4 Å². The van der Waals surface area contributed by atoms with Gasteiger partial charge in [-0.3, -0.25) is 14.4 Å². The van der Waals surface area contributed by atoms with E-state index in [-0.39, 0.29) is 31.0 Å². The molecule has 1 aliphatic rings. The van der Waals surface area contributed by atoms with Crippen LogP contribution in [0.4, 0.5) is 0 Å². The van der Waals surface area contributed by atoms with Crippen LogP contribution in [0.5, 0.6) is 5.75 Å². The molecule has 1 aromatic heterocycles. The highest BCUT2D eigenvalue weighted by Crippen LogP contribution is 2.27. The molecule has 194 valence electrons. The molecule has 2 atom stereocenters. The third kappa shape index (κ3) is 6.96. The number of benzene rings is 2. The Labute approximate surface area is 220 Å². The minimum absolute atomic E-state index is 0.0381. The highest BCUT2D eigenvalue weighted by molar-refractivity contribution is 7.12. The Morgan fingerprint density at radius 2 is 1.84 bits per heavy atom. The zero-order valence-electron chi connectivity index (χ0n) is 20.7. The van der Waals surface area contributed by atoms with Gasteiger partial charge in [0.2, 0.25) is 11.8 Å². The predicted molar refractivity (Wildman–Crippen MR) is 141 cm³/mol. The van der Waals surface area contributed by atoms with E-state index < -0.39 is 11.9 Å². The van der Waals surface area contributed by atoms with E-state index >= 15 is 0 Å². The minimum Gasteiger partial charge on any atom is -0.496 e. The average Bonchev–Trinajstić information content (AvgIpc) is 3.66. The van der Waals surface area contributed by atoms with E-state index in [4.69, 9.17) is 9.47 Å². The van der Waals surface area contributed by atoms with Crippen LogP contribution in [0.3, 0.4) is 0 Å². The van der Waals surface area contributed by atoms with Gasteiger partial charge in [-0.2, -0.15) is 0 Å². The number of nitrogens with one attached hydrogen (secondary N) is 2. The number of methoxy groups -OCH3 is 1. The molecule has 9 heteroatoms. The summed E-state index contributed by atoms with van der Waals surface area (Å²) in [4.78, 5) is 41.8. The SMILES string of the molecule is COc1ccccc1CN(C(=O)CNC(=O)c1cccs1)C(C(=O)NCC1CCCO1)c1ccccc1. The Kier molecular flexibility index (Phi) is 9.29. The van der Waals surface area contributed by atoms with E-state index in [1.54, 1.807) is 24.6 Å². The van der Waals surface area contributed by atoms with Gasteiger partial charge in [0.05, 0.1) is 31.2 Å². The molecule has 8 nitrogen and oxygen atoms in total. The normalized spacial score (nSPS) is 15.5. The van der Waals surface area contributed by atoms with Gasteiger partial charge in [-0.05, 0) is 35.9 Å². The largest absolute Gasteiger partial charge is 0.496 e. The highest BCUT2D eigenvalue weighted by Gasteiger charge is 2.33. The lowest BCUT2D eigenvalue weighted by Crippen LogP contribution is -2.48. The molecule has 3 aromatic rings. The zero-order valence-corrected chi connectivity index (χ0v) is 21.5. The van der Waals surface area contributed by atoms with Crippen molar-refractivity contribution in [2.75, 3.05) is 26.8 Å². The fourth-order valence-corrected chi connectivity index (χ4v) is 4.96. The number of ether oxygens (including phenoxy) is 2. The topological polar surface area (TPSA) is 97.0 Å². The summed E-state index contributed by atoms with van der Waals surface area (Å²) in [5.41, 5.74) is 1.41. The van der Waals surface area contributed by atoms with Crippen LogP contribution in [-0.4, -0.2) is 55.5 Å². The van der Waals surface area contributed by atoms with Crippen LogP contribution in [0.1, 0.15) is 39.7 Å². The van der Waals surface area contributed by atoms with Gasteiger partial charge < -0.3 is 25.0 Å². The molecule has 4 rings (SSSR count). The molecule has 2 unspecified atom stereocenters. The lowest BCUT2D eigenvalue weighted by molar-refractivity contribution is -0.141. The molecule has 1 aliphatic heterocycles. The fraction of sp³-hybridized carbons (Fsp3) is 0.321. The number of amides is 3. The Hall–Kier alpha value is -3.69. The summed E-state index contributed by atoms with van der Waals surface area (Å²) in [6, 6.07) is 19.1. The van der Waals surface area contributed by atoms with Crippen molar-refractivity contribution in [3.63, 3.8) is 0 Å². The van der Waals surface area contributed by atoms with E-state index in [1.165, 1.54) is 16.2 Å². The summed E-state index contributed by atoms with van der Waals surface area (Å²) in [6.07, 6.45) is 1.81. The zero-order chi connectivity index (χ0) is 26.0. The van der Waals surface area contributed by atoms with Crippen molar-refractivity contribution < 1.29 is 23.9 Å². The van der Waals surface area contributed by atoms with Crippen LogP contribution in [0.15, 0.2) is 72.1 Å². The molecule has 0 bridgehead atoms. The van der Waals surface area contributed by atoms with E-state index in [0.29, 0.717) is 29.3 Å². The van der Waals surface area contributed by atoms with Gasteiger partial charge in [0, 0.05) is 18.7 Å². The van der Waals surface area contributed by atoms with Gasteiger partial charge in [0.1, 0.15) is 11.8 Å². The maximum Gasteiger partial charge on any atom is 0.261 e. The molecular formula is C28H31N3O5S. The summed E-state index contributed by atoms with van der Waals surface area (Å²) < 4.78 is 11.2.